The smallest absolute Gasteiger partial charge is 0.293 e. The van der Waals surface area contributed by atoms with Crippen LogP contribution >= 0.6 is 0 Å². The van der Waals surface area contributed by atoms with Crippen molar-refractivity contribution in [2.75, 3.05) is 37.7 Å². The van der Waals surface area contributed by atoms with Crippen molar-refractivity contribution in [3.05, 3.63) is 64.0 Å². The van der Waals surface area contributed by atoms with Crippen molar-refractivity contribution in [3.8, 4) is 5.75 Å². The van der Waals surface area contributed by atoms with Crippen LogP contribution in [0.2, 0.25) is 0 Å². The highest BCUT2D eigenvalue weighted by Crippen LogP contribution is 2.30. The molecule has 1 fully saturated rings. The highest BCUT2D eigenvalue weighted by Gasteiger charge is 2.26. The van der Waals surface area contributed by atoms with Gasteiger partial charge >= 0.3 is 0 Å². The standard InChI is InChI=1S/C20H20FN3O5/c1-14(25)15-2-7-18(19(12-15)24(27)28)22-8-10-23(11-9-22)20(26)13-29-17-5-3-16(21)4-6-17/h2-7,12H,8-11,13H2,1H3. The number of carbonyl (C=O) groups is 2. The zero-order valence-corrected chi connectivity index (χ0v) is 15.8. The van der Waals surface area contributed by atoms with Crippen LogP contribution in [0.3, 0.4) is 0 Å². The van der Waals surface area contributed by atoms with Crippen molar-refractivity contribution >= 4 is 23.1 Å². The van der Waals surface area contributed by atoms with Gasteiger partial charge in [0, 0.05) is 37.8 Å². The minimum atomic E-state index is -0.504. The number of hydrogen-bond acceptors (Lipinski definition) is 6. The lowest BCUT2D eigenvalue weighted by atomic mass is 10.1. The fraction of sp³-hybridized carbons (Fsp3) is 0.300. The van der Waals surface area contributed by atoms with Gasteiger partial charge in [0.1, 0.15) is 17.3 Å². The second-order valence-corrected chi connectivity index (χ2v) is 6.63. The molecule has 0 atom stereocenters. The molecule has 8 nitrogen and oxygen atoms in total. The van der Waals surface area contributed by atoms with Crippen LogP contribution in [0.5, 0.6) is 5.75 Å². The number of nitro groups is 1. The highest BCUT2D eigenvalue weighted by atomic mass is 19.1. The maximum absolute atomic E-state index is 12.9. The number of hydrogen-bond donors (Lipinski definition) is 0. The SMILES string of the molecule is CC(=O)c1ccc(N2CCN(C(=O)COc3ccc(F)cc3)CC2)c([N+](=O)[O-])c1. The van der Waals surface area contributed by atoms with Gasteiger partial charge in [0.15, 0.2) is 12.4 Å². The molecular weight excluding hydrogens is 381 g/mol. The molecule has 1 aliphatic rings. The molecule has 0 N–H and O–H groups in total. The summed E-state index contributed by atoms with van der Waals surface area (Å²) in [5.74, 6) is -0.434. The van der Waals surface area contributed by atoms with Gasteiger partial charge in [-0.25, -0.2) is 4.39 Å². The maximum atomic E-state index is 12.9. The quantitative estimate of drug-likeness (QED) is 0.420. The van der Waals surface area contributed by atoms with Gasteiger partial charge in [0.2, 0.25) is 0 Å². The van der Waals surface area contributed by atoms with Crippen molar-refractivity contribution in [1.82, 2.24) is 4.90 Å². The van der Waals surface area contributed by atoms with Gasteiger partial charge in [0.05, 0.1) is 4.92 Å². The third-order valence-corrected chi connectivity index (χ3v) is 4.73. The lowest BCUT2D eigenvalue weighted by Crippen LogP contribution is -2.50. The molecule has 0 bridgehead atoms. The van der Waals surface area contributed by atoms with Gasteiger partial charge in [-0.05, 0) is 43.3 Å². The Labute approximate surface area is 166 Å². The fourth-order valence-electron chi connectivity index (χ4n) is 3.12. The Bertz CT molecular complexity index is 924. The maximum Gasteiger partial charge on any atom is 0.293 e. The molecule has 0 spiro atoms. The third kappa shape index (κ3) is 4.87. The predicted molar refractivity (Wildman–Crippen MR) is 104 cm³/mol. The van der Waals surface area contributed by atoms with E-state index in [1.807, 2.05) is 4.90 Å². The summed E-state index contributed by atoms with van der Waals surface area (Å²) in [6, 6.07) is 9.83. The van der Waals surface area contributed by atoms with Crippen molar-refractivity contribution in [3.63, 3.8) is 0 Å². The van der Waals surface area contributed by atoms with Gasteiger partial charge in [-0.1, -0.05) is 0 Å². The van der Waals surface area contributed by atoms with Crippen LogP contribution in [-0.4, -0.2) is 54.3 Å². The highest BCUT2D eigenvalue weighted by molar-refractivity contribution is 5.95. The molecule has 1 aliphatic heterocycles. The van der Waals surface area contributed by atoms with E-state index in [0.29, 0.717) is 37.6 Å². The molecule has 1 saturated heterocycles. The summed E-state index contributed by atoms with van der Waals surface area (Å²) in [5.41, 5.74) is 0.582. The lowest BCUT2D eigenvalue weighted by molar-refractivity contribution is -0.384. The van der Waals surface area contributed by atoms with Gasteiger partial charge in [-0.15, -0.1) is 0 Å². The van der Waals surface area contributed by atoms with Crippen LogP contribution in [0.1, 0.15) is 17.3 Å². The number of nitrogens with zero attached hydrogens (tertiary/aromatic N) is 3. The van der Waals surface area contributed by atoms with E-state index in [1.165, 1.54) is 37.3 Å². The summed E-state index contributed by atoms with van der Waals surface area (Å²) in [6.07, 6.45) is 0. The Balaban J connectivity index is 1.60. The molecule has 0 aromatic heterocycles. The molecule has 3 rings (SSSR count). The number of benzene rings is 2. The van der Waals surface area contributed by atoms with E-state index in [1.54, 1.807) is 17.0 Å². The van der Waals surface area contributed by atoms with E-state index >= 15 is 0 Å². The van der Waals surface area contributed by atoms with Crippen LogP contribution in [0.25, 0.3) is 0 Å². The first-order valence-electron chi connectivity index (χ1n) is 9.05. The summed E-state index contributed by atoms with van der Waals surface area (Å²) in [6.45, 7) is 2.80. The molecule has 29 heavy (non-hydrogen) atoms. The Morgan fingerprint density at radius 2 is 1.76 bits per heavy atom. The van der Waals surface area contributed by atoms with E-state index in [0.717, 1.165) is 0 Å². The van der Waals surface area contributed by atoms with Gasteiger partial charge in [-0.2, -0.15) is 0 Å². The number of Topliss-reactive ketones (excluding diaryl/α,β-unsaturated/α-hetero) is 1. The molecule has 1 amide bonds. The lowest BCUT2D eigenvalue weighted by Gasteiger charge is -2.35. The zero-order valence-electron chi connectivity index (χ0n) is 15.8. The second kappa shape index (κ2) is 8.68. The molecule has 9 heteroatoms. The second-order valence-electron chi connectivity index (χ2n) is 6.63. The van der Waals surface area contributed by atoms with Crippen molar-refractivity contribution in [2.24, 2.45) is 0 Å². The van der Waals surface area contributed by atoms with E-state index in [-0.39, 0.29) is 35.4 Å². The van der Waals surface area contributed by atoms with Crippen LogP contribution in [0.4, 0.5) is 15.8 Å². The first-order valence-corrected chi connectivity index (χ1v) is 9.05. The van der Waals surface area contributed by atoms with E-state index in [2.05, 4.69) is 0 Å². The number of rotatable bonds is 6. The first-order chi connectivity index (χ1) is 13.8. The average Bonchev–Trinajstić information content (AvgIpc) is 2.72. The normalized spacial score (nSPS) is 13.9. The number of piperazine rings is 1. The van der Waals surface area contributed by atoms with E-state index in [9.17, 15) is 24.1 Å². The summed E-state index contributed by atoms with van der Waals surface area (Å²) >= 11 is 0. The van der Waals surface area contributed by atoms with Gasteiger partial charge in [0.25, 0.3) is 11.6 Å². The van der Waals surface area contributed by atoms with Crippen molar-refractivity contribution in [1.29, 1.82) is 0 Å². The number of nitro benzene ring substituents is 1. The van der Waals surface area contributed by atoms with Gasteiger partial charge < -0.3 is 14.5 Å². The Kier molecular flexibility index (Phi) is 6.06. The number of ketones is 1. The number of carbonyl (C=O) groups excluding carboxylic acids is 2. The molecule has 2 aromatic rings. The Hall–Kier alpha value is -3.49. The van der Waals surface area contributed by atoms with Crippen LogP contribution in [0.15, 0.2) is 42.5 Å². The topological polar surface area (TPSA) is 93.0 Å². The van der Waals surface area contributed by atoms with E-state index in [4.69, 9.17) is 4.74 Å². The minimum absolute atomic E-state index is 0.128. The molecule has 0 radical (unpaired) electrons. The largest absolute Gasteiger partial charge is 0.484 e. The Morgan fingerprint density at radius 3 is 2.34 bits per heavy atom. The monoisotopic (exact) mass is 401 g/mol. The van der Waals surface area contributed by atoms with Crippen LogP contribution in [-0.2, 0) is 4.79 Å². The number of halogens is 1. The zero-order chi connectivity index (χ0) is 21.0. The van der Waals surface area contributed by atoms with Crippen LogP contribution < -0.4 is 9.64 Å². The number of ether oxygens (including phenoxy) is 1. The summed E-state index contributed by atoms with van der Waals surface area (Å²) < 4.78 is 18.3. The van der Waals surface area contributed by atoms with Crippen molar-refractivity contribution < 1.29 is 23.6 Å². The van der Waals surface area contributed by atoms with E-state index < -0.39 is 4.92 Å². The molecular formula is C20H20FN3O5. The molecule has 152 valence electrons. The molecule has 2 aromatic carbocycles. The third-order valence-electron chi connectivity index (χ3n) is 4.73. The fourth-order valence-corrected chi connectivity index (χ4v) is 3.12. The first kappa shape index (κ1) is 20.2. The predicted octanol–water partition coefficient (Wildman–Crippen LogP) is 2.66. The Morgan fingerprint density at radius 1 is 1.10 bits per heavy atom. The molecule has 1 heterocycles. The molecule has 0 aliphatic carbocycles. The summed E-state index contributed by atoms with van der Waals surface area (Å²) in [7, 11) is 0. The summed E-state index contributed by atoms with van der Waals surface area (Å²) in [4.78, 5) is 38.2. The van der Waals surface area contributed by atoms with Crippen molar-refractivity contribution in [2.45, 2.75) is 6.92 Å². The molecule has 0 saturated carbocycles. The molecule has 0 unspecified atom stereocenters. The number of amides is 1. The van der Waals surface area contributed by atoms with Gasteiger partial charge in [-0.3, -0.25) is 19.7 Å². The van der Waals surface area contributed by atoms with Crippen LogP contribution in [0, 0.1) is 15.9 Å². The average molecular weight is 401 g/mol. The number of anilines is 1. The summed E-state index contributed by atoms with van der Waals surface area (Å²) in [5, 5.41) is 11.4. The minimum Gasteiger partial charge on any atom is -0.484 e.